The summed E-state index contributed by atoms with van der Waals surface area (Å²) in [5.41, 5.74) is 1.79. The van der Waals surface area contributed by atoms with Crippen molar-refractivity contribution in [1.29, 1.82) is 0 Å². The average molecular weight is 840 g/mol. The number of hydrogen-bond acceptors (Lipinski definition) is 14. The van der Waals surface area contributed by atoms with Crippen LogP contribution in [0.5, 0.6) is 0 Å². The summed E-state index contributed by atoms with van der Waals surface area (Å²) in [5, 5.41) is 1.93. The fraction of sp³-hybridized carbons (Fsp3) is 0. The molecule has 0 N–H and O–H groups in total. The fourth-order valence-corrected chi connectivity index (χ4v) is 2.05. The van der Waals surface area contributed by atoms with Gasteiger partial charge in [-0.05, 0) is 36.4 Å². The van der Waals surface area contributed by atoms with E-state index in [4.69, 9.17) is 0 Å². The Morgan fingerprint density at radius 2 is 0.468 bits per heavy atom. The van der Waals surface area contributed by atoms with Gasteiger partial charge in [0.05, 0.1) is 5.51 Å². The van der Waals surface area contributed by atoms with Crippen molar-refractivity contribution in [3.8, 4) is 0 Å². The topological polar surface area (TPSA) is 168 Å². The Labute approximate surface area is 290 Å². The Morgan fingerprint density at radius 1 is 0.277 bits per heavy atom. The minimum Gasteiger partial charge on any atom is -1.00 e. The standard InChI is InChI=1S/6C4H4N2.C3H3NS.5FH.Hf/c6*1-2-5-4-6-3-1;1-2-5-3-4-1;;;;;;/h6*1-4H;1-3H;5*1H;/q;;;;;;;;;;;;+4/p-4. The Hall–Kier alpha value is -5.37. The number of hydrogen-bond donors (Lipinski definition) is 0. The second-order valence-electron chi connectivity index (χ2n) is 6.10. The van der Waals surface area contributed by atoms with Gasteiger partial charge in [0.2, 0.25) is 0 Å². The van der Waals surface area contributed by atoms with Crippen LogP contribution >= 0.6 is 11.3 Å². The Bertz CT molecular complexity index is 921. The van der Waals surface area contributed by atoms with E-state index in [9.17, 15) is 0 Å². The van der Waals surface area contributed by atoms with Gasteiger partial charge in [-0.3, -0.25) is 9.69 Å². The molecular formula is C27H28F5HfN13S. The average Bonchev–Trinajstić information content (AvgIpc) is 3.72. The van der Waals surface area contributed by atoms with Crippen molar-refractivity contribution in [2.24, 2.45) is 0 Å². The van der Waals surface area contributed by atoms with Gasteiger partial charge in [-0.2, -0.15) is 0 Å². The van der Waals surface area contributed by atoms with Gasteiger partial charge < -0.3 is 18.8 Å². The molecule has 0 aliphatic rings. The van der Waals surface area contributed by atoms with Crippen LogP contribution in [0.1, 0.15) is 0 Å². The van der Waals surface area contributed by atoms with Crippen LogP contribution in [0, 0.1) is 0 Å². The Balaban J connectivity index is -0.000000102. The third-order valence-corrected chi connectivity index (χ3v) is 3.74. The molecule has 0 spiro atoms. The summed E-state index contributed by atoms with van der Waals surface area (Å²) in [6.07, 6.45) is 31.0. The van der Waals surface area contributed by atoms with Crippen LogP contribution in [0.2, 0.25) is 0 Å². The van der Waals surface area contributed by atoms with E-state index in [0.717, 1.165) is 0 Å². The van der Waals surface area contributed by atoms with Crippen molar-refractivity contribution in [2.75, 3.05) is 0 Å². The summed E-state index contributed by atoms with van der Waals surface area (Å²) in [4.78, 5) is 47.8. The largest absolute Gasteiger partial charge is 4.00 e. The van der Waals surface area contributed by atoms with E-state index in [-0.39, 0.29) is 49.4 Å². The maximum absolute atomic E-state index is 3.74. The molecule has 7 rings (SSSR count). The molecular weight excluding hydrogens is 812 g/mol. The SMILES string of the molecule is F.[F-].[F-].[F-].[F-].[Hf+4].c1cncnc1.c1cncnc1.c1cncnc1.c1cncnc1.c1cncnc1.c1cncnc1.c1cscn1. The van der Waals surface area contributed by atoms with E-state index in [0.29, 0.717) is 0 Å². The molecule has 0 aliphatic heterocycles. The molecule has 0 bridgehead atoms. The van der Waals surface area contributed by atoms with Crippen LogP contribution in [0.25, 0.3) is 0 Å². The first-order valence-corrected chi connectivity index (χ1v) is 12.5. The molecule has 246 valence electrons. The molecule has 7 heterocycles. The molecule has 0 aromatic carbocycles. The Kier molecular flexibility index (Phi) is 57.9. The molecule has 7 aromatic rings. The zero-order valence-corrected chi connectivity index (χ0v) is 28.6. The van der Waals surface area contributed by atoms with Crippen LogP contribution in [0.15, 0.2) is 166 Å². The summed E-state index contributed by atoms with van der Waals surface area (Å²) in [5.74, 6) is 0. The van der Waals surface area contributed by atoms with E-state index in [1.807, 2.05) is 5.38 Å². The number of nitrogens with zero attached hydrogens (tertiary/aromatic N) is 13. The van der Waals surface area contributed by atoms with Crippen molar-refractivity contribution in [3.05, 3.63) is 166 Å². The molecule has 0 saturated heterocycles. The van der Waals surface area contributed by atoms with Gasteiger partial charge in [0, 0.05) is 85.9 Å². The van der Waals surface area contributed by atoms with Crippen molar-refractivity contribution < 1.29 is 49.4 Å². The van der Waals surface area contributed by atoms with Gasteiger partial charge in [0.25, 0.3) is 0 Å². The Morgan fingerprint density at radius 3 is 0.511 bits per heavy atom. The normalized spacial score (nSPS) is 6.98. The van der Waals surface area contributed by atoms with E-state index < -0.39 is 0 Å². The van der Waals surface area contributed by atoms with Crippen molar-refractivity contribution in [2.45, 2.75) is 0 Å². The number of thiazole rings is 1. The minimum absolute atomic E-state index is 0. The fourth-order valence-electron chi connectivity index (χ4n) is 1.70. The molecule has 0 atom stereocenters. The third kappa shape index (κ3) is 47.8. The van der Waals surface area contributed by atoms with Gasteiger partial charge in [-0.15, -0.1) is 11.3 Å². The summed E-state index contributed by atoms with van der Waals surface area (Å²) >= 11 is 1.60. The molecule has 0 fully saturated rings. The zero-order valence-electron chi connectivity index (χ0n) is 24.2. The molecule has 47 heavy (non-hydrogen) atoms. The van der Waals surface area contributed by atoms with Gasteiger partial charge in [-0.25, -0.2) is 59.8 Å². The maximum atomic E-state index is 3.74. The van der Waals surface area contributed by atoms with Gasteiger partial charge in [0.15, 0.2) is 0 Å². The molecule has 0 aliphatic carbocycles. The minimum atomic E-state index is 0. The predicted molar refractivity (Wildman–Crippen MR) is 157 cm³/mol. The molecule has 0 amide bonds. The quantitative estimate of drug-likeness (QED) is 0.105. The summed E-state index contributed by atoms with van der Waals surface area (Å²) < 4.78 is 0. The van der Waals surface area contributed by atoms with Crippen LogP contribution in [0.3, 0.4) is 0 Å². The second kappa shape index (κ2) is 50.3. The van der Waals surface area contributed by atoms with E-state index in [2.05, 4.69) is 64.8 Å². The predicted octanol–water partition coefficient (Wildman–Crippen LogP) is -7.83. The first kappa shape index (κ1) is 54.1. The first-order valence-electron chi connectivity index (χ1n) is 11.5. The maximum Gasteiger partial charge on any atom is 4.00 e. The molecule has 0 unspecified atom stereocenters. The van der Waals surface area contributed by atoms with Crippen molar-refractivity contribution >= 4 is 11.3 Å². The number of aromatic nitrogens is 13. The first-order chi connectivity index (χ1) is 20.5. The summed E-state index contributed by atoms with van der Waals surface area (Å²) in [6.45, 7) is 0. The van der Waals surface area contributed by atoms with Gasteiger partial charge in [-0.1, -0.05) is 0 Å². The van der Waals surface area contributed by atoms with E-state index in [1.54, 1.807) is 134 Å². The van der Waals surface area contributed by atoms with Gasteiger partial charge in [0.1, 0.15) is 38.0 Å². The zero-order chi connectivity index (χ0) is 29.0. The molecule has 13 nitrogen and oxygen atoms in total. The number of halogens is 5. The van der Waals surface area contributed by atoms with Crippen LogP contribution < -0.4 is 18.8 Å². The van der Waals surface area contributed by atoms with Crippen LogP contribution in [0.4, 0.5) is 4.70 Å². The molecule has 20 heteroatoms. The number of rotatable bonds is 0. The van der Waals surface area contributed by atoms with E-state index >= 15 is 0 Å². The third-order valence-electron chi connectivity index (χ3n) is 3.21. The second-order valence-corrected chi connectivity index (χ2v) is 6.86. The molecule has 0 radical (unpaired) electrons. The monoisotopic (exact) mass is 841 g/mol. The molecule has 7 aromatic heterocycles. The van der Waals surface area contributed by atoms with Crippen LogP contribution in [-0.4, -0.2) is 64.8 Å². The van der Waals surface area contributed by atoms with Gasteiger partial charge >= 0.3 is 25.8 Å². The van der Waals surface area contributed by atoms with Crippen molar-refractivity contribution in [3.63, 3.8) is 0 Å². The van der Waals surface area contributed by atoms with Crippen LogP contribution in [-0.2, 0) is 25.8 Å². The summed E-state index contributed by atoms with van der Waals surface area (Å²) in [6, 6.07) is 10.7. The molecule has 0 saturated carbocycles. The smallest absolute Gasteiger partial charge is 1.00 e. The van der Waals surface area contributed by atoms with E-state index in [1.165, 1.54) is 38.0 Å². The van der Waals surface area contributed by atoms with Crippen molar-refractivity contribution in [1.82, 2.24) is 64.8 Å². The summed E-state index contributed by atoms with van der Waals surface area (Å²) in [7, 11) is 0.